The smallest absolute Gasteiger partial charge is 0.407 e. The lowest BCUT2D eigenvalue weighted by Gasteiger charge is -2.11. The third-order valence-electron chi connectivity index (χ3n) is 3.36. The topological polar surface area (TPSA) is 67.9 Å². The van der Waals surface area contributed by atoms with Crippen LogP contribution in [0.1, 0.15) is 15.9 Å². The molecule has 0 radical (unpaired) electrons. The van der Waals surface area contributed by atoms with E-state index in [4.69, 9.17) is 9.47 Å². The van der Waals surface area contributed by atoms with Gasteiger partial charge in [0.1, 0.15) is 19.0 Å². The van der Waals surface area contributed by atoms with Crippen LogP contribution in [0.3, 0.4) is 0 Å². The fourth-order valence-electron chi connectivity index (χ4n) is 2.05. The van der Waals surface area contributed by atoms with Gasteiger partial charge in [-0.3, -0.25) is 4.79 Å². The number of alkyl carbamates (subject to hydrolysis) is 1. The second-order valence-corrected chi connectivity index (χ2v) is 5.56. The van der Waals surface area contributed by atoms with Gasteiger partial charge < -0.3 is 19.7 Å². The van der Waals surface area contributed by atoms with Crippen molar-refractivity contribution >= 4 is 12.0 Å². The van der Waals surface area contributed by atoms with Gasteiger partial charge in [-0.2, -0.15) is 0 Å². The second-order valence-electron chi connectivity index (χ2n) is 5.56. The molecule has 0 aliphatic rings. The van der Waals surface area contributed by atoms with Crippen molar-refractivity contribution in [2.75, 3.05) is 27.2 Å². The highest BCUT2D eigenvalue weighted by atomic mass is 16.5. The van der Waals surface area contributed by atoms with E-state index < -0.39 is 6.09 Å². The fraction of sp³-hybridized carbons (Fsp3) is 0.263. The van der Waals surface area contributed by atoms with E-state index >= 15 is 0 Å². The van der Waals surface area contributed by atoms with Crippen LogP contribution in [0.15, 0.2) is 54.6 Å². The third kappa shape index (κ3) is 6.18. The summed E-state index contributed by atoms with van der Waals surface area (Å²) < 4.78 is 10.6. The molecule has 0 aliphatic carbocycles. The maximum Gasteiger partial charge on any atom is 0.407 e. The first kappa shape index (κ1) is 18.3. The predicted molar refractivity (Wildman–Crippen MR) is 94.6 cm³/mol. The van der Waals surface area contributed by atoms with Gasteiger partial charge in [0.25, 0.3) is 5.91 Å². The second kappa shape index (κ2) is 9.32. The number of amides is 2. The Hall–Kier alpha value is -3.02. The molecule has 6 nitrogen and oxygen atoms in total. The summed E-state index contributed by atoms with van der Waals surface area (Å²) >= 11 is 0. The number of carbonyl (C=O) groups is 2. The number of nitrogens with zero attached hydrogens (tertiary/aromatic N) is 1. The third-order valence-corrected chi connectivity index (χ3v) is 3.36. The highest BCUT2D eigenvalue weighted by molar-refractivity contribution is 5.93. The lowest BCUT2D eigenvalue weighted by atomic mass is 10.2. The first-order chi connectivity index (χ1) is 12.1. The number of rotatable bonds is 7. The minimum absolute atomic E-state index is 0.0608. The molecule has 2 aromatic rings. The molecular formula is C19H22N2O4. The van der Waals surface area contributed by atoms with E-state index in [0.29, 0.717) is 24.5 Å². The molecule has 0 aliphatic heterocycles. The van der Waals surface area contributed by atoms with E-state index in [0.717, 1.165) is 5.56 Å². The standard InChI is InChI=1S/C19H22N2O4/c1-21(2)18(22)16-8-10-17(11-9-16)24-13-12-20-19(23)25-14-15-6-4-3-5-7-15/h3-11H,12-14H2,1-2H3,(H,20,23). The van der Waals surface area contributed by atoms with Gasteiger partial charge in [-0.1, -0.05) is 30.3 Å². The highest BCUT2D eigenvalue weighted by Crippen LogP contribution is 2.12. The lowest BCUT2D eigenvalue weighted by Crippen LogP contribution is -2.28. The predicted octanol–water partition coefficient (Wildman–Crippen LogP) is 2.69. The van der Waals surface area contributed by atoms with Gasteiger partial charge in [-0.05, 0) is 29.8 Å². The minimum atomic E-state index is -0.487. The number of hydrogen-bond acceptors (Lipinski definition) is 4. The Bertz CT molecular complexity index is 684. The average molecular weight is 342 g/mol. The molecule has 1 N–H and O–H groups in total. The summed E-state index contributed by atoms with van der Waals surface area (Å²) in [4.78, 5) is 24.9. The largest absolute Gasteiger partial charge is 0.492 e. The number of ether oxygens (including phenoxy) is 2. The van der Waals surface area contributed by atoms with Crippen LogP contribution in [-0.2, 0) is 11.3 Å². The van der Waals surface area contributed by atoms with Crippen LogP contribution < -0.4 is 10.1 Å². The summed E-state index contributed by atoms with van der Waals surface area (Å²) in [6, 6.07) is 16.3. The van der Waals surface area contributed by atoms with Crippen LogP contribution >= 0.6 is 0 Å². The number of carbonyl (C=O) groups excluding carboxylic acids is 2. The van der Waals surface area contributed by atoms with Crippen LogP contribution in [0.5, 0.6) is 5.75 Å². The zero-order chi connectivity index (χ0) is 18.1. The van der Waals surface area contributed by atoms with Crippen molar-refractivity contribution in [1.82, 2.24) is 10.2 Å². The zero-order valence-electron chi connectivity index (χ0n) is 14.4. The summed E-state index contributed by atoms with van der Waals surface area (Å²) in [5.74, 6) is 0.573. The Morgan fingerprint density at radius 1 is 1.00 bits per heavy atom. The van der Waals surface area contributed by atoms with Crippen molar-refractivity contribution in [3.63, 3.8) is 0 Å². The molecule has 2 aromatic carbocycles. The molecule has 6 heteroatoms. The quantitative estimate of drug-likeness (QED) is 0.786. The molecule has 25 heavy (non-hydrogen) atoms. The summed E-state index contributed by atoms with van der Waals surface area (Å²) in [7, 11) is 3.41. The number of nitrogens with one attached hydrogen (secondary N) is 1. The Morgan fingerprint density at radius 3 is 2.32 bits per heavy atom. The van der Waals surface area contributed by atoms with Crippen molar-refractivity contribution in [2.24, 2.45) is 0 Å². The van der Waals surface area contributed by atoms with E-state index in [2.05, 4.69) is 5.32 Å². The Balaban J connectivity index is 1.65. The van der Waals surface area contributed by atoms with Gasteiger partial charge in [-0.25, -0.2) is 4.79 Å². The number of hydrogen-bond donors (Lipinski definition) is 1. The van der Waals surface area contributed by atoms with Gasteiger partial charge >= 0.3 is 6.09 Å². The molecule has 0 aromatic heterocycles. The Kier molecular flexibility index (Phi) is 6.83. The molecule has 0 spiro atoms. The monoisotopic (exact) mass is 342 g/mol. The molecule has 0 heterocycles. The van der Waals surface area contributed by atoms with Gasteiger partial charge in [-0.15, -0.1) is 0 Å². The number of benzene rings is 2. The summed E-state index contributed by atoms with van der Waals surface area (Å²) in [5.41, 5.74) is 1.53. The van der Waals surface area contributed by atoms with Gasteiger partial charge in [0.05, 0.1) is 6.54 Å². The molecule has 0 unspecified atom stereocenters. The molecular weight excluding hydrogens is 320 g/mol. The normalized spacial score (nSPS) is 10.0. The van der Waals surface area contributed by atoms with Crippen LogP contribution in [0.2, 0.25) is 0 Å². The molecule has 0 saturated carbocycles. The highest BCUT2D eigenvalue weighted by Gasteiger charge is 2.07. The van der Waals surface area contributed by atoms with Gasteiger partial charge in [0, 0.05) is 19.7 Å². The molecule has 0 bridgehead atoms. The van der Waals surface area contributed by atoms with Crippen molar-refractivity contribution < 1.29 is 19.1 Å². The molecule has 2 amide bonds. The van der Waals surface area contributed by atoms with E-state index in [-0.39, 0.29) is 12.5 Å². The maximum atomic E-state index is 11.8. The van der Waals surface area contributed by atoms with Crippen LogP contribution in [0.25, 0.3) is 0 Å². The summed E-state index contributed by atoms with van der Waals surface area (Å²) in [5, 5.41) is 2.62. The summed E-state index contributed by atoms with van der Waals surface area (Å²) in [6.07, 6.45) is -0.487. The zero-order valence-corrected chi connectivity index (χ0v) is 14.4. The van der Waals surface area contributed by atoms with Crippen LogP contribution in [-0.4, -0.2) is 44.1 Å². The first-order valence-electron chi connectivity index (χ1n) is 7.95. The molecule has 2 rings (SSSR count). The maximum absolute atomic E-state index is 11.8. The van der Waals surface area contributed by atoms with Crippen molar-refractivity contribution in [2.45, 2.75) is 6.61 Å². The van der Waals surface area contributed by atoms with Crippen molar-refractivity contribution in [3.8, 4) is 5.75 Å². The van der Waals surface area contributed by atoms with Crippen LogP contribution in [0.4, 0.5) is 4.79 Å². The van der Waals surface area contributed by atoms with E-state index in [9.17, 15) is 9.59 Å². The molecule has 0 saturated heterocycles. The first-order valence-corrected chi connectivity index (χ1v) is 7.95. The average Bonchev–Trinajstić information content (AvgIpc) is 2.64. The summed E-state index contributed by atoms with van der Waals surface area (Å²) in [6.45, 7) is 0.863. The SMILES string of the molecule is CN(C)C(=O)c1ccc(OCCNC(=O)OCc2ccccc2)cc1. The molecule has 0 atom stereocenters. The minimum Gasteiger partial charge on any atom is -0.492 e. The fourth-order valence-corrected chi connectivity index (χ4v) is 2.05. The van der Waals surface area contributed by atoms with E-state index in [1.165, 1.54) is 4.90 Å². The van der Waals surface area contributed by atoms with E-state index in [1.54, 1.807) is 38.4 Å². The van der Waals surface area contributed by atoms with Gasteiger partial charge in [0.2, 0.25) is 0 Å². The van der Waals surface area contributed by atoms with Crippen molar-refractivity contribution in [1.29, 1.82) is 0 Å². The van der Waals surface area contributed by atoms with Gasteiger partial charge in [0.15, 0.2) is 0 Å². The Labute approximate surface area is 147 Å². The molecule has 0 fully saturated rings. The molecule has 132 valence electrons. The Morgan fingerprint density at radius 2 is 1.68 bits per heavy atom. The lowest BCUT2D eigenvalue weighted by molar-refractivity contribution is 0.0827. The van der Waals surface area contributed by atoms with Crippen molar-refractivity contribution in [3.05, 3.63) is 65.7 Å². The van der Waals surface area contributed by atoms with Crippen LogP contribution in [0, 0.1) is 0 Å². The van der Waals surface area contributed by atoms with E-state index in [1.807, 2.05) is 30.3 Å².